The molecule has 1 rings (SSSR count). The number of alkyl halides is 3. The number of rotatable bonds is 6. The van der Waals surface area contributed by atoms with E-state index in [0.717, 1.165) is 25.9 Å². The van der Waals surface area contributed by atoms with Crippen LogP contribution < -0.4 is 5.32 Å². The molecule has 1 heterocycles. The van der Waals surface area contributed by atoms with Gasteiger partial charge in [0.2, 0.25) is 0 Å². The van der Waals surface area contributed by atoms with E-state index in [2.05, 4.69) is 31.0 Å². The largest absolute Gasteiger partial charge is 0.441 e. The summed E-state index contributed by atoms with van der Waals surface area (Å²) < 4.78 is 36.5. The first-order valence-corrected chi connectivity index (χ1v) is 7.98. The molecule has 0 aliphatic carbocycles. The standard InChI is InChI=1S/C13H25F3N2S/c1-4-12-8-17-11(7-10(2)3)9-18(12)5-6-19-13(14,15)16/h10-12,17H,4-9H2,1-3H3. The van der Waals surface area contributed by atoms with E-state index >= 15 is 0 Å². The van der Waals surface area contributed by atoms with E-state index in [-0.39, 0.29) is 17.5 Å². The van der Waals surface area contributed by atoms with Gasteiger partial charge in [-0.05, 0) is 30.5 Å². The molecule has 0 saturated carbocycles. The van der Waals surface area contributed by atoms with Crippen LogP contribution in [0.3, 0.4) is 0 Å². The Morgan fingerprint density at radius 3 is 2.58 bits per heavy atom. The topological polar surface area (TPSA) is 15.3 Å². The fourth-order valence-electron chi connectivity index (χ4n) is 2.61. The van der Waals surface area contributed by atoms with Gasteiger partial charge in [0.05, 0.1) is 0 Å². The number of piperazine rings is 1. The first kappa shape index (κ1) is 17.1. The third-order valence-corrected chi connectivity index (χ3v) is 4.20. The highest BCUT2D eigenvalue weighted by Crippen LogP contribution is 2.30. The molecule has 2 atom stereocenters. The van der Waals surface area contributed by atoms with Crippen LogP contribution in [0.1, 0.15) is 33.6 Å². The van der Waals surface area contributed by atoms with Gasteiger partial charge in [-0.2, -0.15) is 13.2 Å². The quantitative estimate of drug-likeness (QED) is 0.809. The number of hydrogen-bond donors (Lipinski definition) is 1. The van der Waals surface area contributed by atoms with Crippen LogP contribution in [0.2, 0.25) is 0 Å². The molecule has 0 amide bonds. The van der Waals surface area contributed by atoms with Crippen LogP contribution in [0.25, 0.3) is 0 Å². The lowest BCUT2D eigenvalue weighted by atomic mass is 9.99. The summed E-state index contributed by atoms with van der Waals surface area (Å²) in [6.07, 6.45) is 2.07. The minimum atomic E-state index is -4.10. The maximum atomic E-state index is 12.2. The number of nitrogens with zero attached hydrogens (tertiary/aromatic N) is 1. The lowest BCUT2D eigenvalue weighted by Crippen LogP contribution is -2.57. The number of nitrogens with one attached hydrogen (secondary N) is 1. The van der Waals surface area contributed by atoms with Gasteiger partial charge in [0, 0.05) is 37.5 Å². The minimum Gasteiger partial charge on any atom is -0.311 e. The van der Waals surface area contributed by atoms with Gasteiger partial charge in [0.15, 0.2) is 0 Å². The van der Waals surface area contributed by atoms with Crippen molar-refractivity contribution >= 4 is 11.8 Å². The summed E-state index contributed by atoms with van der Waals surface area (Å²) in [6.45, 7) is 8.74. The van der Waals surface area contributed by atoms with E-state index in [1.165, 1.54) is 0 Å². The van der Waals surface area contributed by atoms with Gasteiger partial charge in [-0.15, -0.1) is 0 Å². The maximum Gasteiger partial charge on any atom is 0.441 e. The molecule has 1 aliphatic rings. The van der Waals surface area contributed by atoms with Crippen molar-refractivity contribution in [1.29, 1.82) is 0 Å². The van der Waals surface area contributed by atoms with Crippen molar-refractivity contribution in [3.63, 3.8) is 0 Å². The van der Waals surface area contributed by atoms with Crippen LogP contribution in [-0.2, 0) is 0 Å². The molecule has 2 nitrogen and oxygen atoms in total. The van der Waals surface area contributed by atoms with Crippen molar-refractivity contribution in [2.24, 2.45) is 5.92 Å². The molecule has 0 spiro atoms. The average molecular weight is 298 g/mol. The molecule has 1 aliphatic heterocycles. The Labute approximate surface area is 118 Å². The number of hydrogen-bond acceptors (Lipinski definition) is 3. The van der Waals surface area contributed by atoms with Crippen LogP contribution in [0.15, 0.2) is 0 Å². The number of halogens is 3. The van der Waals surface area contributed by atoms with Crippen molar-refractivity contribution in [3.05, 3.63) is 0 Å². The Morgan fingerprint density at radius 2 is 2.05 bits per heavy atom. The molecule has 0 aromatic heterocycles. The summed E-state index contributed by atoms with van der Waals surface area (Å²) in [6, 6.07) is 0.788. The summed E-state index contributed by atoms with van der Waals surface area (Å²) >= 11 is 0.0928. The smallest absolute Gasteiger partial charge is 0.311 e. The number of thioether (sulfide) groups is 1. The first-order valence-electron chi connectivity index (χ1n) is 7.00. The van der Waals surface area contributed by atoms with Gasteiger partial charge in [0.25, 0.3) is 0 Å². The first-order chi connectivity index (χ1) is 8.81. The molecular formula is C13H25F3N2S. The summed E-state index contributed by atoms with van der Waals surface area (Å²) in [5.41, 5.74) is -4.10. The second-order valence-electron chi connectivity index (χ2n) is 5.59. The molecule has 6 heteroatoms. The Bertz CT molecular complexity index is 259. The zero-order valence-corrected chi connectivity index (χ0v) is 12.8. The van der Waals surface area contributed by atoms with Crippen molar-refractivity contribution < 1.29 is 13.2 Å². The molecule has 0 aromatic rings. The zero-order chi connectivity index (χ0) is 14.5. The molecule has 2 unspecified atom stereocenters. The predicted octanol–water partition coefficient (Wildman–Crippen LogP) is 3.34. The Hall–Kier alpha value is 0.0600. The summed E-state index contributed by atoms with van der Waals surface area (Å²) in [4.78, 5) is 2.22. The molecule has 114 valence electrons. The SMILES string of the molecule is CCC1CNC(CC(C)C)CN1CCSC(F)(F)F. The van der Waals surface area contributed by atoms with Crippen molar-refractivity contribution in [2.75, 3.05) is 25.4 Å². The fourth-order valence-corrected chi connectivity index (χ4v) is 3.17. The van der Waals surface area contributed by atoms with Crippen LogP contribution in [-0.4, -0.2) is 47.9 Å². The van der Waals surface area contributed by atoms with Gasteiger partial charge in [0.1, 0.15) is 0 Å². The highest BCUT2D eigenvalue weighted by molar-refractivity contribution is 8.00. The average Bonchev–Trinajstić information content (AvgIpc) is 2.27. The van der Waals surface area contributed by atoms with Crippen molar-refractivity contribution in [1.82, 2.24) is 10.2 Å². The van der Waals surface area contributed by atoms with Gasteiger partial charge < -0.3 is 5.32 Å². The molecule has 0 bridgehead atoms. The van der Waals surface area contributed by atoms with Crippen LogP contribution in [0.4, 0.5) is 13.2 Å². The third kappa shape index (κ3) is 6.86. The molecule has 19 heavy (non-hydrogen) atoms. The highest BCUT2D eigenvalue weighted by atomic mass is 32.2. The third-order valence-electron chi connectivity index (χ3n) is 3.48. The van der Waals surface area contributed by atoms with E-state index in [4.69, 9.17) is 0 Å². The molecule has 1 saturated heterocycles. The summed E-state index contributed by atoms with van der Waals surface area (Å²) in [5.74, 6) is 0.746. The van der Waals surface area contributed by atoms with Gasteiger partial charge in [-0.1, -0.05) is 20.8 Å². The molecule has 1 fully saturated rings. The summed E-state index contributed by atoms with van der Waals surface area (Å²) in [5, 5.41) is 3.52. The highest BCUT2D eigenvalue weighted by Gasteiger charge is 2.30. The maximum absolute atomic E-state index is 12.2. The van der Waals surface area contributed by atoms with E-state index < -0.39 is 5.51 Å². The fraction of sp³-hybridized carbons (Fsp3) is 1.00. The van der Waals surface area contributed by atoms with Crippen molar-refractivity contribution in [3.8, 4) is 0 Å². The van der Waals surface area contributed by atoms with Crippen LogP contribution in [0, 0.1) is 5.92 Å². The Kier molecular flexibility index (Phi) is 6.97. The monoisotopic (exact) mass is 298 g/mol. The van der Waals surface area contributed by atoms with E-state index in [0.29, 0.717) is 24.5 Å². The van der Waals surface area contributed by atoms with E-state index in [1.807, 2.05) is 0 Å². The van der Waals surface area contributed by atoms with Gasteiger partial charge >= 0.3 is 5.51 Å². The summed E-state index contributed by atoms with van der Waals surface area (Å²) in [7, 11) is 0. The van der Waals surface area contributed by atoms with Crippen LogP contribution >= 0.6 is 11.8 Å². The molecule has 1 N–H and O–H groups in total. The normalized spacial score (nSPS) is 26.1. The zero-order valence-electron chi connectivity index (χ0n) is 12.0. The van der Waals surface area contributed by atoms with Gasteiger partial charge in [-0.3, -0.25) is 4.90 Å². The minimum absolute atomic E-state index is 0.0928. The molecule has 0 aromatic carbocycles. The Balaban J connectivity index is 2.41. The predicted molar refractivity (Wildman–Crippen MR) is 75.4 cm³/mol. The lowest BCUT2D eigenvalue weighted by molar-refractivity contribution is -0.0329. The molecule has 0 radical (unpaired) electrons. The Morgan fingerprint density at radius 1 is 1.37 bits per heavy atom. The van der Waals surface area contributed by atoms with Gasteiger partial charge in [-0.25, -0.2) is 0 Å². The molecular weight excluding hydrogens is 273 g/mol. The van der Waals surface area contributed by atoms with E-state index in [1.54, 1.807) is 0 Å². The van der Waals surface area contributed by atoms with Crippen molar-refractivity contribution in [2.45, 2.75) is 51.2 Å². The second kappa shape index (κ2) is 7.74. The van der Waals surface area contributed by atoms with Crippen LogP contribution in [0.5, 0.6) is 0 Å². The second-order valence-corrected chi connectivity index (χ2v) is 6.75. The van der Waals surface area contributed by atoms with E-state index in [9.17, 15) is 13.2 Å². The lowest BCUT2D eigenvalue weighted by Gasteiger charge is -2.40.